The molecule has 2 rings (SSSR count). The first-order valence-electron chi connectivity index (χ1n) is 12.8. The topological polar surface area (TPSA) is 171 Å². The van der Waals surface area contributed by atoms with Crippen molar-refractivity contribution in [3.8, 4) is 0 Å². The molecule has 1 aliphatic heterocycles. The zero-order chi connectivity index (χ0) is 28.5. The van der Waals surface area contributed by atoms with Gasteiger partial charge in [-0.3, -0.25) is 19.2 Å². The van der Waals surface area contributed by atoms with Gasteiger partial charge in [0.25, 0.3) is 0 Å². The molecule has 38 heavy (non-hydrogen) atoms. The summed E-state index contributed by atoms with van der Waals surface area (Å²) in [5, 5.41) is 17.6. The highest BCUT2D eigenvalue weighted by Crippen LogP contribution is 2.18. The van der Waals surface area contributed by atoms with Crippen LogP contribution in [0.15, 0.2) is 28.7 Å². The van der Waals surface area contributed by atoms with Gasteiger partial charge in [0.05, 0.1) is 6.54 Å². The summed E-state index contributed by atoms with van der Waals surface area (Å²) in [7, 11) is 0. The van der Waals surface area contributed by atoms with E-state index in [1.165, 1.54) is 18.7 Å². The van der Waals surface area contributed by atoms with Gasteiger partial charge in [-0.05, 0) is 50.8 Å². The molecule has 0 spiro atoms. The van der Waals surface area contributed by atoms with Crippen molar-refractivity contribution < 1.29 is 29.1 Å². The summed E-state index contributed by atoms with van der Waals surface area (Å²) >= 11 is 3.33. The standard InChI is InChI=1S/C26H38BrN5O6/c1-4-5-7-18(29-23(35)20-8-6-13-32(20)21(33)15-28)22(34)31-26(2,3)25(38)30-19(24(36)37)14-16-9-11-17(27)12-10-16/h9-12,18-20H,4-8,13-15,28H2,1-3H3,(H,29,35)(H,30,38)(H,31,34)(H,36,37)/t18-,19-,20-/m0/s1. The third-order valence-electron chi connectivity index (χ3n) is 6.49. The van der Waals surface area contributed by atoms with E-state index >= 15 is 0 Å². The van der Waals surface area contributed by atoms with Crippen molar-refractivity contribution in [2.75, 3.05) is 13.1 Å². The normalized spacial score (nSPS) is 16.9. The van der Waals surface area contributed by atoms with Gasteiger partial charge in [0.2, 0.25) is 23.6 Å². The summed E-state index contributed by atoms with van der Waals surface area (Å²) in [4.78, 5) is 64.6. The van der Waals surface area contributed by atoms with Gasteiger partial charge >= 0.3 is 5.97 Å². The molecule has 6 N–H and O–H groups in total. The van der Waals surface area contributed by atoms with E-state index in [0.717, 1.165) is 16.5 Å². The quantitative estimate of drug-likeness (QED) is 0.227. The molecule has 0 aromatic heterocycles. The second-order valence-corrected chi connectivity index (χ2v) is 10.9. The van der Waals surface area contributed by atoms with Crippen LogP contribution >= 0.6 is 15.9 Å². The smallest absolute Gasteiger partial charge is 0.326 e. The highest BCUT2D eigenvalue weighted by atomic mass is 79.9. The number of aliphatic carboxylic acids is 1. The van der Waals surface area contributed by atoms with Gasteiger partial charge in [-0.2, -0.15) is 0 Å². The van der Waals surface area contributed by atoms with Crippen molar-refractivity contribution in [2.24, 2.45) is 5.73 Å². The van der Waals surface area contributed by atoms with Crippen LogP contribution in [0.25, 0.3) is 0 Å². The van der Waals surface area contributed by atoms with Gasteiger partial charge in [-0.15, -0.1) is 0 Å². The molecule has 1 aliphatic rings. The minimum atomic E-state index is -1.46. The van der Waals surface area contributed by atoms with Crippen LogP contribution in [0, 0.1) is 0 Å². The van der Waals surface area contributed by atoms with E-state index < -0.39 is 47.4 Å². The molecule has 210 valence electrons. The molecule has 0 bridgehead atoms. The molecule has 1 saturated heterocycles. The monoisotopic (exact) mass is 595 g/mol. The Kier molecular flexibility index (Phi) is 11.7. The van der Waals surface area contributed by atoms with E-state index in [0.29, 0.717) is 32.2 Å². The number of likely N-dealkylation sites (tertiary alicyclic amines) is 1. The van der Waals surface area contributed by atoms with E-state index in [9.17, 15) is 29.1 Å². The Balaban J connectivity index is 2.08. The molecule has 0 radical (unpaired) electrons. The number of nitrogens with zero attached hydrogens (tertiary/aromatic N) is 1. The van der Waals surface area contributed by atoms with Crippen LogP contribution in [0.1, 0.15) is 58.4 Å². The number of unbranched alkanes of at least 4 members (excludes halogenated alkanes) is 1. The van der Waals surface area contributed by atoms with Gasteiger partial charge < -0.3 is 31.7 Å². The van der Waals surface area contributed by atoms with Gasteiger partial charge in [-0.25, -0.2) is 4.79 Å². The molecule has 1 fully saturated rings. The van der Waals surface area contributed by atoms with Gasteiger partial charge in [0.1, 0.15) is 23.7 Å². The Morgan fingerprint density at radius 3 is 2.37 bits per heavy atom. The van der Waals surface area contributed by atoms with Crippen molar-refractivity contribution in [2.45, 2.75) is 83.0 Å². The summed E-state index contributed by atoms with van der Waals surface area (Å²) < 4.78 is 0.845. The molecule has 1 aromatic carbocycles. The largest absolute Gasteiger partial charge is 0.480 e. The predicted octanol–water partition coefficient (Wildman–Crippen LogP) is 1.08. The molecule has 11 nitrogen and oxygen atoms in total. The summed E-state index contributed by atoms with van der Waals surface area (Å²) in [6, 6.07) is 4.24. The minimum Gasteiger partial charge on any atom is -0.480 e. The summed E-state index contributed by atoms with van der Waals surface area (Å²) in [6.45, 7) is 5.11. The number of hydrogen-bond acceptors (Lipinski definition) is 6. The SMILES string of the molecule is CCCC[C@H](NC(=O)[C@@H]1CCCN1C(=O)CN)C(=O)NC(C)(C)C(=O)N[C@@H](Cc1ccc(Br)cc1)C(=O)O. The first-order chi connectivity index (χ1) is 17.9. The second-order valence-electron chi connectivity index (χ2n) is 9.96. The lowest BCUT2D eigenvalue weighted by Gasteiger charge is -2.30. The van der Waals surface area contributed by atoms with Gasteiger partial charge in [0.15, 0.2) is 0 Å². The number of rotatable bonds is 13. The van der Waals surface area contributed by atoms with Crippen LogP contribution in [-0.4, -0.2) is 76.4 Å². The van der Waals surface area contributed by atoms with E-state index in [4.69, 9.17) is 5.73 Å². The maximum Gasteiger partial charge on any atom is 0.326 e. The Labute approximate surface area is 231 Å². The molecule has 0 saturated carbocycles. The number of nitrogens with one attached hydrogen (secondary N) is 3. The molecule has 12 heteroatoms. The van der Waals surface area contributed by atoms with Crippen LogP contribution in [0.2, 0.25) is 0 Å². The van der Waals surface area contributed by atoms with Crippen molar-refractivity contribution in [3.63, 3.8) is 0 Å². The number of halogens is 1. The number of carboxylic acid groups (broad SMARTS) is 1. The summed E-state index contributed by atoms with van der Waals surface area (Å²) in [6.07, 6.45) is 2.96. The number of hydrogen-bond donors (Lipinski definition) is 5. The van der Waals surface area contributed by atoms with Crippen LogP contribution in [-0.2, 0) is 30.4 Å². The second kappa shape index (κ2) is 14.2. The van der Waals surface area contributed by atoms with E-state index in [-0.39, 0.29) is 18.9 Å². The van der Waals surface area contributed by atoms with Crippen molar-refractivity contribution in [1.82, 2.24) is 20.9 Å². The first kappa shape index (κ1) is 31.2. The van der Waals surface area contributed by atoms with Crippen molar-refractivity contribution in [3.05, 3.63) is 34.3 Å². The Morgan fingerprint density at radius 2 is 1.79 bits per heavy atom. The fraction of sp³-hybridized carbons (Fsp3) is 0.577. The third kappa shape index (κ3) is 8.80. The highest BCUT2D eigenvalue weighted by molar-refractivity contribution is 9.10. The number of carbonyl (C=O) groups excluding carboxylic acids is 4. The first-order valence-corrected chi connectivity index (χ1v) is 13.6. The van der Waals surface area contributed by atoms with Gasteiger partial charge in [0, 0.05) is 17.4 Å². The molecule has 0 aliphatic carbocycles. The van der Waals surface area contributed by atoms with Crippen LogP contribution in [0.5, 0.6) is 0 Å². The predicted molar refractivity (Wildman–Crippen MR) is 145 cm³/mol. The zero-order valence-electron chi connectivity index (χ0n) is 22.1. The number of carbonyl (C=O) groups is 5. The Bertz CT molecular complexity index is 1020. The number of benzene rings is 1. The lowest BCUT2D eigenvalue weighted by atomic mass is 10.00. The van der Waals surface area contributed by atoms with Crippen LogP contribution in [0.3, 0.4) is 0 Å². The zero-order valence-corrected chi connectivity index (χ0v) is 23.7. The lowest BCUT2D eigenvalue weighted by molar-refractivity contribution is -0.143. The van der Waals surface area contributed by atoms with E-state index in [1.54, 1.807) is 24.3 Å². The summed E-state index contributed by atoms with van der Waals surface area (Å²) in [5.41, 5.74) is 4.72. The molecular formula is C26H38BrN5O6. The van der Waals surface area contributed by atoms with Crippen molar-refractivity contribution >= 4 is 45.5 Å². The maximum absolute atomic E-state index is 13.2. The molecule has 0 unspecified atom stereocenters. The summed E-state index contributed by atoms with van der Waals surface area (Å²) in [5.74, 6) is -3.22. The average Bonchev–Trinajstić information content (AvgIpc) is 3.36. The Morgan fingerprint density at radius 1 is 1.13 bits per heavy atom. The van der Waals surface area contributed by atoms with Crippen molar-refractivity contribution in [1.29, 1.82) is 0 Å². The van der Waals surface area contributed by atoms with Crippen LogP contribution in [0.4, 0.5) is 0 Å². The lowest BCUT2D eigenvalue weighted by Crippen LogP contribution is -2.62. The van der Waals surface area contributed by atoms with Gasteiger partial charge in [-0.1, -0.05) is 47.8 Å². The highest BCUT2D eigenvalue weighted by Gasteiger charge is 2.38. The number of nitrogens with two attached hydrogens (primary N) is 1. The number of carboxylic acids is 1. The van der Waals surface area contributed by atoms with E-state index in [1.807, 2.05) is 6.92 Å². The molecular weight excluding hydrogens is 558 g/mol. The minimum absolute atomic E-state index is 0.0625. The molecule has 3 atom stereocenters. The van der Waals surface area contributed by atoms with Crippen LogP contribution < -0.4 is 21.7 Å². The number of amides is 4. The Hall–Kier alpha value is -2.99. The molecule has 1 aromatic rings. The molecule has 4 amide bonds. The molecule has 1 heterocycles. The third-order valence-corrected chi connectivity index (χ3v) is 7.02. The van der Waals surface area contributed by atoms with E-state index in [2.05, 4.69) is 31.9 Å². The maximum atomic E-state index is 13.2. The average molecular weight is 597 g/mol. The fourth-order valence-corrected chi connectivity index (χ4v) is 4.51. The fourth-order valence-electron chi connectivity index (χ4n) is 4.25.